The van der Waals surface area contributed by atoms with Crippen molar-refractivity contribution in [3.63, 3.8) is 0 Å². The molecule has 1 aromatic carbocycles. The molecular formula is C42H69F. The molecule has 0 nitrogen and oxygen atoms in total. The molecule has 4 aliphatic carbocycles. The van der Waals surface area contributed by atoms with Crippen molar-refractivity contribution in [1.29, 1.82) is 0 Å². The lowest BCUT2D eigenvalue weighted by molar-refractivity contribution is 0.154. The Morgan fingerprint density at radius 3 is 1.40 bits per heavy atom. The molecule has 1 aromatic rings. The van der Waals surface area contributed by atoms with Gasteiger partial charge in [0.2, 0.25) is 0 Å². The van der Waals surface area contributed by atoms with Crippen LogP contribution in [0.3, 0.4) is 0 Å². The maximum atomic E-state index is 15.6. The van der Waals surface area contributed by atoms with Crippen LogP contribution in [0.1, 0.15) is 204 Å². The van der Waals surface area contributed by atoms with Crippen LogP contribution in [-0.2, 0) is 0 Å². The number of halogens is 1. The number of benzene rings is 1. The van der Waals surface area contributed by atoms with Crippen molar-refractivity contribution >= 4 is 0 Å². The van der Waals surface area contributed by atoms with Crippen molar-refractivity contribution in [2.24, 2.45) is 35.5 Å². The number of unbranched alkanes of at least 4 members (excludes halogenated alkanes) is 6. The van der Waals surface area contributed by atoms with E-state index in [-0.39, 0.29) is 5.82 Å². The second kappa shape index (κ2) is 17.7. The summed E-state index contributed by atoms with van der Waals surface area (Å²) in [7, 11) is 0. The highest BCUT2D eigenvalue weighted by atomic mass is 19.1. The van der Waals surface area contributed by atoms with E-state index in [1.165, 1.54) is 173 Å². The van der Waals surface area contributed by atoms with E-state index in [9.17, 15) is 0 Å². The molecule has 0 N–H and O–H groups in total. The van der Waals surface area contributed by atoms with Crippen LogP contribution in [0.4, 0.5) is 4.39 Å². The van der Waals surface area contributed by atoms with Gasteiger partial charge in [-0.25, -0.2) is 4.39 Å². The third kappa shape index (κ3) is 9.82. The normalized spacial score (nSPS) is 33.8. The lowest BCUT2D eigenvalue weighted by Crippen LogP contribution is -2.26. The van der Waals surface area contributed by atoms with Crippen LogP contribution in [0.2, 0.25) is 0 Å². The molecule has 0 bridgehead atoms. The van der Waals surface area contributed by atoms with Gasteiger partial charge in [0.1, 0.15) is 5.82 Å². The van der Waals surface area contributed by atoms with E-state index < -0.39 is 0 Å². The smallest absolute Gasteiger partial charge is 0.126 e. The van der Waals surface area contributed by atoms with Gasteiger partial charge in [0.05, 0.1) is 0 Å². The molecule has 0 atom stereocenters. The SMILES string of the molecule is CCCCCCCC1CCC(C2CCC(c3ccc(C4CCC(C5CCC(CCCCC)CC5)CC4)c(F)c3)CC2)CC1. The maximum Gasteiger partial charge on any atom is 0.126 e. The van der Waals surface area contributed by atoms with Crippen molar-refractivity contribution in [1.82, 2.24) is 0 Å². The summed E-state index contributed by atoms with van der Waals surface area (Å²) in [5.74, 6) is 6.98. The fourth-order valence-electron chi connectivity index (χ4n) is 10.6. The summed E-state index contributed by atoms with van der Waals surface area (Å²) in [5.41, 5.74) is 2.34. The van der Waals surface area contributed by atoms with Gasteiger partial charge in [0.25, 0.3) is 0 Å². The molecule has 0 radical (unpaired) electrons. The molecule has 5 rings (SSSR count). The van der Waals surface area contributed by atoms with Gasteiger partial charge in [-0.05, 0) is 142 Å². The zero-order valence-electron chi connectivity index (χ0n) is 28.6. The lowest BCUT2D eigenvalue weighted by Gasteiger charge is -2.38. The Balaban J connectivity index is 1.00. The van der Waals surface area contributed by atoms with E-state index in [1.807, 2.05) is 6.07 Å². The van der Waals surface area contributed by atoms with E-state index >= 15 is 4.39 Å². The molecular weight excluding hydrogens is 523 g/mol. The van der Waals surface area contributed by atoms with Crippen molar-refractivity contribution in [3.8, 4) is 0 Å². The van der Waals surface area contributed by atoms with E-state index in [0.717, 1.165) is 41.1 Å². The minimum Gasteiger partial charge on any atom is -0.207 e. The first-order valence-electron chi connectivity index (χ1n) is 19.9. The Bertz CT molecular complexity index is 887. The van der Waals surface area contributed by atoms with E-state index in [2.05, 4.69) is 26.0 Å². The summed E-state index contributed by atoms with van der Waals surface area (Å²) >= 11 is 0. The molecule has 0 amide bonds. The zero-order chi connectivity index (χ0) is 29.9. The van der Waals surface area contributed by atoms with Crippen LogP contribution in [-0.4, -0.2) is 0 Å². The van der Waals surface area contributed by atoms with Crippen LogP contribution in [0, 0.1) is 41.3 Å². The van der Waals surface area contributed by atoms with Crippen molar-refractivity contribution in [2.75, 3.05) is 0 Å². The van der Waals surface area contributed by atoms with Gasteiger partial charge in [-0.2, -0.15) is 0 Å². The molecule has 0 saturated heterocycles. The molecule has 0 spiro atoms. The van der Waals surface area contributed by atoms with Crippen LogP contribution in [0.15, 0.2) is 18.2 Å². The summed E-state index contributed by atoms with van der Waals surface area (Å²) in [6, 6.07) is 6.52. The molecule has 0 heterocycles. The molecule has 4 saturated carbocycles. The third-order valence-corrected chi connectivity index (χ3v) is 13.5. The highest BCUT2D eigenvalue weighted by molar-refractivity contribution is 5.30. The van der Waals surface area contributed by atoms with Gasteiger partial charge >= 0.3 is 0 Å². The van der Waals surface area contributed by atoms with E-state index in [0.29, 0.717) is 11.8 Å². The van der Waals surface area contributed by atoms with Gasteiger partial charge in [0.15, 0.2) is 0 Å². The molecule has 1 heteroatoms. The second-order valence-electron chi connectivity index (χ2n) is 16.3. The predicted octanol–water partition coefficient (Wildman–Crippen LogP) is 13.9. The number of hydrogen-bond acceptors (Lipinski definition) is 0. The largest absolute Gasteiger partial charge is 0.207 e. The topological polar surface area (TPSA) is 0 Å². The second-order valence-corrected chi connectivity index (χ2v) is 16.3. The van der Waals surface area contributed by atoms with Gasteiger partial charge in [-0.15, -0.1) is 0 Å². The van der Waals surface area contributed by atoms with Gasteiger partial charge in [0, 0.05) is 0 Å². The highest BCUT2D eigenvalue weighted by Gasteiger charge is 2.33. The quantitative estimate of drug-likeness (QED) is 0.188. The lowest BCUT2D eigenvalue weighted by atomic mass is 9.67. The Morgan fingerprint density at radius 1 is 0.488 bits per heavy atom. The van der Waals surface area contributed by atoms with Crippen LogP contribution < -0.4 is 0 Å². The van der Waals surface area contributed by atoms with Crippen LogP contribution >= 0.6 is 0 Å². The van der Waals surface area contributed by atoms with Crippen molar-refractivity contribution in [3.05, 3.63) is 35.1 Å². The summed E-state index contributed by atoms with van der Waals surface area (Å²) in [6.07, 6.45) is 36.6. The van der Waals surface area contributed by atoms with Crippen LogP contribution in [0.5, 0.6) is 0 Å². The Kier molecular flexibility index (Phi) is 13.8. The summed E-state index contributed by atoms with van der Waals surface area (Å²) in [5, 5.41) is 0. The molecule has 0 aliphatic heterocycles. The standard InChI is InChI=1S/C42H69F/c1-3-5-7-8-10-12-33-15-19-34(20-16-33)36-21-23-38(24-22-36)40-29-30-41(42(43)31-40)39-27-25-37(26-28-39)35-17-13-32(14-18-35)11-9-6-4-2/h29-39H,3-28H2,1-2H3. The third-order valence-electron chi connectivity index (χ3n) is 13.5. The summed E-state index contributed by atoms with van der Waals surface area (Å²) in [4.78, 5) is 0. The Hall–Kier alpha value is -0.850. The van der Waals surface area contributed by atoms with Crippen LogP contribution in [0.25, 0.3) is 0 Å². The molecule has 4 aliphatic rings. The van der Waals surface area contributed by atoms with Crippen molar-refractivity contribution in [2.45, 2.75) is 193 Å². The monoisotopic (exact) mass is 593 g/mol. The average Bonchev–Trinajstić information content (AvgIpc) is 3.06. The first-order chi connectivity index (χ1) is 21.1. The van der Waals surface area contributed by atoms with Gasteiger partial charge in [-0.3, -0.25) is 0 Å². The molecule has 4 fully saturated rings. The highest BCUT2D eigenvalue weighted by Crippen LogP contribution is 2.47. The summed E-state index contributed by atoms with van der Waals surface area (Å²) in [6.45, 7) is 4.63. The minimum absolute atomic E-state index is 0.115. The van der Waals surface area contributed by atoms with Crippen molar-refractivity contribution < 1.29 is 4.39 Å². The fraction of sp³-hybridized carbons (Fsp3) is 0.857. The first-order valence-corrected chi connectivity index (χ1v) is 19.9. The molecule has 244 valence electrons. The number of rotatable bonds is 14. The number of hydrogen-bond donors (Lipinski definition) is 0. The average molecular weight is 593 g/mol. The first kappa shape index (κ1) is 33.5. The maximum absolute atomic E-state index is 15.6. The fourth-order valence-corrected chi connectivity index (χ4v) is 10.6. The Morgan fingerprint density at radius 2 is 0.907 bits per heavy atom. The molecule has 0 aromatic heterocycles. The van der Waals surface area contributed by atoms with Gasteiger partial charge < -0.3 is 0 Å². The minimum atomic E-state index is 0.115. The van der Waals surface area contributed by atoms with E-state index in [4.69, 9.17) is 0 Å². The van der Waals surface area contributed by atoms with Gasteiger partial charge in [-0.1, -0.05) is 116 Å². The Labute approximate surface area is 267 Å². The molecule has 43 heavy (non-hydrogen) atoms. The molecule has 0 unspecified atom stereocenters. The predicted molar refractivity (Wildman–Crippen MR) is 184 cm³/mol. The van der Waals surface area contributed by atoms with E-state index in [1.54, 1.807) is 0 Å². The summed E-state index contributed by atoms with van der Waals surface area (Å²) < 4.78 is 15.6. The zero-order valence-corrected chi connectivity index (χ0v) is 28.6.